The molecule has 1 saturated heterocycles. The number of amides is 1. The molecular weight excluding hydrogens is 285 g/mol. The van der Waals surface area contributed by atoms with Crippen molar-refractivity contribution in [3.05, 3.63) is 0 Å². The summed E-state index contributed by atoms with van der Waals surface area (Å²) in [4.78, 5) is 11.4. The zero-order valence-corrected chi connectivity index (χ0v) is 11.4. The zero-order valence-electron chi connectivity index (χ0n) is 10.6. The first-order valence-corrected chi connectivity index (χ1v) is 6.09. The molecule has 4 nitrogen and oxygen atoms in total. The minimum atomic E-state index is -4.31. The highest BCUT2D eigenvalue weighted by Gasteiger charge is 2.27. The van der Waals surface area contributed by atoms with Crippen molar-refractivity contribution in [2.24, 2.45) is 5.92 Å². The summed E-state index contributed by atoms with van der Waals surface area (Å²) in [6, 6.07) is 0. The van der Waals surface area contributed by atoms with E-state index >= 15 is 0 Å². The van der Waals surface area contributed by atoms with Crippen molar-refractivity contribution in [1.82, 2.24) is 10.6 Å². The van der Waals surface area contributed by atoms with Crippen LogP contribution in [0.1, 0.15) is 19.3 Å². The van der Waals surface area contributed by atoms with Crippen LogP contribution in [0.25, 0.3) is 0 Å². The van der Waals surface area contributed by atoms with Crippen LogP contribution in [-0.4, -0.2) is 44.9 Å². The number of rotatable bonds is 7. The van der Waals surface area contributed by atoms with Gasteiger partial charge in [0.2, 0.25) is 5.91 Å². The Morgan fingerprint density at radius 1 is 1.42 bits per heavy atom. The SMILES string of the molecule is Cl.O=C(CCC1CCNC1)NCCOCC(F)(F)F. The Bertz CT molecular complexity index is 259. The molecule has 1 heterocycles. The van der Waals surface area contributed by atoms with Gasteiger partial charge in [-0.3, -0.25) is 4.79 Å². The summed E-state index contributed by atoms with van der Waals surface area (Å²) in [6.45, 7) is 0.685. The van der Waals surface area contributed by atoms with Gasteiger partial charge in [0.25, 0.3) is 0 Å². The fourth-order valence-corrected chi connectivity index (χ4v) is 1.83. The van der Waals surface area contributed by atoms with E-state index in [1.54, 1.807) is 0 Å². The molecule has 0 aliphatic carbocycles. The van der Waals surface area contributed by atoms with Gasteiger partial charge in [-0.25, -0.2) is 0 Å². The molecule has 1 fully saturated rings. The van der Waals surface area contributed by atoms with Crippen molar-refractivity contribution >= 4 is 18.3 Å². The van der Waals surface area contributed by atoms with Crippen LogP contribution in [0.5, 0.6) is 0 Å². The van der Waals surface area contributed by atoms with Crippen LogP contribution in [0.3, 0.4) is 0 Å². The Hall–Kier alpha value is -0.530. The molecule has 0 aromatic rings. The van der Waals surface area contributed by atoms with Crippen LogP contribution in [0.4, 0.5) is 13.2 Å². The van der Waals surface area contributed by atoms with Crippen LogP contribution in [0, 0.1) is 5.92 Å². The molecule has 1 atom stereocenters. The van der Waals surface area contributed by atoms with Gasteiger partial charge in [-0.1, -0.05) is 0 Å². The largest absolute Gasteiger partial charge is 0.411 e. The fourth-order valence-electron chi connectivity index (χ4n) is 1.83. The average Bonchev–Trinajstić information content (AvgIpc) is 2.77. The van der Waals surface area contributed by atoms with Gasteiger partial charge >= 0.3 is 6.18 Å². The van der Waals surface area contributed by atoms with Crippen LogP contribution in [0.15, 0.2) is 0 Å². The van der Waals surface area contributed by atoms with Crippen LogP contribution in [0.2, 0.25) is 0 Å². The Balaban J connectivity index is 0.00000324. The Morgan fingerprint density at radius 2 is 2.16 bits per heavy atom. The molecule has 0 spiro atoms. The molecule has 8 heteroatoms. The molecule has 1 amide bonds. The standard InChI is InChI=1S/C11H19F3N2O2.ClH/c12-11(13,14)8-18-6-5-16-10(17)2-1-9-3-4-15-7-9;/h9,15H,1-8H2,(H,16,17);1H. The first-order chi connectivity index (χ1) is 8.47. The number of ether oxygens (including phenoxy) is 1. The fraction of sp³-hybridized carbons (Fsp3) is 0.909. The van der Waals surface area contributed by atoms with E-state index in [0.29, 0.717) is 12.3 Å². The topological polar surface area (TPSA) is 50.4 Å². The molecule has 0 aromatic heterocycles. The van der Waals surface area contributed by atoms with Gasteiger partial charge in [0, 0.05) is 13.0 Å². The van der Waals surface area contributed by atoms with Gasteiger partial charge in [0.15, 0.2) is 0 Å². The average molecular weight is 305 g/mol. The smallest absolute Gasteiger partial charge is 0.370 e. The second-order valence-electron chi connectivity index (χ2n) is 4.42. The molecule has 19 heavy (non-hydrogen) atoms. The summed E-state index contributed by atoms with van der Waals surface area (Å²) in [5.74, 6) is 0.412. The summed E-state index contributed by atoms with van der Waals surface area (Å²) in [5, 5.41) is 5.75. The molecule has 1 aliphatic heterocycles. The van der Waals surface area contributed by atoms with E-state index in [4.69, 9.17) is 0 Å². The number of carbonyl (C=O) groups is 1. The molecular formula is C11H20ClF3N2O2. The van der Waals surface area contributed by atoms with Gasteiger partial charge < -0.3 is 15.4 Å². The lowest BCUT2D eigenvalue weighted by Gasteiger charge is -2.10. The van der Waals surface area contributed by atoms with Crippen molar-refractivity contribution in [2.45, 2.75) is 25.4 Å². The van der Waals surface area contributed by atoms with Gasteiger partial charge in [-0.15, -0.1) is 12.4 Å². The van der Waals surface area contributed by atoms with E-state index in [1.807, 2.05) is 0 Å². The number of alkyl halides is 3. The number of hydrogen-bond donors (Lipinski definition) is 2. The Kier molecular flexibility index (Phi) is 9.12. The monoisotopic (exact) mass is 304 g/mol. The summed E-state index contributed by atoms with van der Waals surface area (Å²) in [6.07, 6.45) is -1.98. The van der Waals surface area contributed by atoms with Crippen LogP contribution >= 0.6 is 12.4 Å². The van der Waals surface area contributed by atoms with Gasteiger partial charge in [0.1, 0.15) is 6.61 Å². The minimum Gasteiger partial charge on any atom is -0.370 e. The van der Waals surface area contributed by atoms with E-state index in [9.17, 15) is 18.0 Å². The quantitative estimate of drug-likeness (QED) is 0.701. The Labute approximate surface area is 116 Å². The van der Waals surface area contributed by atoms with E-state index in [0.717, 1.165) is 25.9 Å². The first kappa shape index (κ1) is 18.5. The van der Waals surface area contributed by atoms with Crippen molar-refractivity contribution < 1.29 is 22.7 Å². The molecule has 0 bridgehead atoms. The van der Waals surface area contributed by atoms with Crippen molar-refractivity contribution in [2.75, 3.05) is 32.8 Å². The summed E-state index contributed by atoms with van der Waals surface area (Å²) in [7, 11) is 0. The third-order valence-corrected chi connectivity index (χ3v) is 2.78. The lowest BCUT2D eigenvalue weighted by Crippen LogP contribution is -2.29. The van der Waals surface area contributed by atoms with Gasteiger partial charge in [0.05, 0.1) is 6.61 Å². The zero-order chi connectivity index (χ0) is 13.4. The summed E-state index contributed by atoms with van der Waals surface area (Å²) >= 11 is 0. The highest BCUT2D eigenvalue weighted by atomic mass is 35.5. The molecule has 1 rings (SSSR count). The molecule has 0 aromatic carbocycles. The minimum absolute atomic E-state index is 0. The number of hydrogen-bond acceptors (Lipinski definition) is 3. The van der Waals surface area contributed by atoms with Crippen molar-refractivity contribution in [1.29, 1.82) is 0 Å². The first-order valence-electron chi connectivity index (χ1n) is 6.09. The molecule has 114 valence electrons. The van der Waals surface area contributed by atoms with Crippen LogP contribution in [-0.2, 0) is 9.53 Å². The van der Waals surface area contributed by atoms with Crippen molar-refractivity contribution in [3.63, 3.8) is 0 Å². The third kappa shape index (κ3) is 9.98. The van der Waals surface area contributed by atoms with E-state index in [2.05, 4.69) is 15.4 Å². The maximum Gasteiger partial charge on any atom is 0.411 e. The third-order valence-electron chi connectivity index (χ3n) is 2.78. The molecule has 1 unspecified atom stereocenters. The summed E-state index contributed by atoms with van der Waals surface area (Å²) in [5.41, 5.74) is 0. The Morgan fingerprint density at radius 3 is 2.74 bits per heavy atom. The predicted octanol–water partition coefficient (Wildman–Crippen LogP) is 1.49. The molecule has 0 saturated carbocycles. The highest BCUT2D eigenvalue weighted by molar-refractivity contribution is 5.85. The number of halogens is 4. The maximum atomic E-state index is 11.7. The van der Waals surface area contributed by atoms with E-state index in [1.165, 1.54) is 0 Å². The second kappa shape index (κ2) is 9.39. The van der Waals surface area contributed by atoms with Crippen molar-refractivity contribution in [3.8, 4) is 0 Å². The van der Waals surface area contributed by atoms with Gasteiger partial charge in [-0.2, -0.15) is 13.2 Å². The van der Waals surface area contributed by atoms with Crippen LogP contribution < -0.4 is 10.6 Å². The normalized spacial score (nSPS) is 19.0. The lowest BCUT2D eigenvalue weighted by atomic mass is 10.0. The lowest BCUT2D eigenvalue weighted by molar-refractivity contribution is -0.173. The maximum absolute atomic E-state index is 11.7. The van der Waals surface area contributed by atoms with E-state index in [-0.39, 0.29) is 31.5 Å². The predicted molar refractivity (Wildman–Crippen MR) is 67.3 cm³/mol. The van der Waals surface area contributed by atoms with Gasteiger partial charge in [-0.05, 0) is 31.8 Å². The number of nitrogens with one attached hydrogen (secondary N) is 2. The second-order valence-corrected chi connectivity index (χ2v) is 4.42. The van der Waals surface area contributed by atoms with E-state index < -0.39 is 12.8 Å². The summed E-state index contributed by atoms with van der Waals surface area (Å²) < 4.78 is 39.5. The highest BCUT2D eigenvalue weighted by Crippen LogP contribution is 2.14. The molecule has 2 N–H and O–H groups in total. The molecule has 1 aliphatic rings. The molecule has 0 radical (unpaired) electrons. The number of carbonyl (C=O) groups excluding carboxylic acids is 1.